The maximum Gasteiger partial charge on any atom is 0.244 e. The quantitative estimate of drug-likeness (QED) is 0.631. The third kappa shape index (κ3) is 5.01. The van der Waals surface area contributed by atoms with Crippen LogP contribution in [0.15, 0.2) is 35.2 Å². The zero-order valence-electron chi connectivity index (χ0n) is 16.2. The molecule has 3 fully saturated rings. The summed E-state index contributed by atoms with van der Waals surface area (Å²) in [6.45, 7) is 2.11. The topological polar surface area (TPSA) is 131 Å². The Morgan fingerprint density at radius 3 is 2.34 bits per heavy atom. The molecule has 0 bridgehead atoms. The number of nitriles is 1. The second kappa shape index (κ2) is 8.22. The molecule has 1 saturated heterocycles. The summed E-state index contributed by atoms with van der Waals surface area (Å²) in [5.41, 5.74) is -1.09. The van der Waals surface area contributed by atoms with Crippen LogP contribution in [0.3, 0.4) is 0 Å². The zero-order chi connectivity index (χ0) is 21.2. The van der Waals surface area contributed by atoms with Crippen molar-refractivity contribution in [1.82, 2.24) is 10.2 Å². The summed E-state index contributed by atoms with van der Waals surface area (Å²) in [6, 6.07) is 9.94. The number of aliphatic hydroxyl groups is 1. The average molecular weight is 422 g/mol. The number of aliphatic hydroxyl groups excluding tert-OH is 1. The van der Waals surface area contributed by atoms with E-state index >= 15 is 0 Å². The third-order valence-corrected chi connectivity index (χ3v) is 6.31. The van der Waals surface area contributed by atoms with Crippen molar-refractivity contribution in [3.05, 3.63) is 30.3 Å². The highest BCUT2D eigenvalue weighted by Gasteiger charge is 2.53. The van der Waals surface area contributed by atoms with E-state index in [-0.39, 0.29) is 31.6 Å². The monoisotopic (exact) mass is 421 g/mol. The molecule has 3 aliphatic rings. The zero-order valence-corrected chi connectivity index (χ0v) is 17.0. The fourth-order valence-corrected chi connectivity index (χ4v) is 3.67. The molecule has 2 saturated carbocycles. The van der Waals surface area contributed by atoms with Gasteiger partial charge in [0.15, 0.2) is 11.1 Å². The molecule has 1 unspecified atom stereocenters. The Labute approximate surface area is 173 Å². The molecular formula is C20H27N3O5S. The van der Waals surface area contributed by atoms with Crippen molar-refractivity contribution in [1.29, 1.82) is 5.26 Å². The first-order valence-electron chi connectivity index (χ1n) is 9.58. The lowest BCUT2D eigenvalue weighted by atomic mass is 10.1. The molecule has 4 rings (SSSR count). The smallest absolute Gasteiger partial charge is 0.244 e. The number of amides is 2. The average Bonchev–Trinajstić information content (AvgIpc) is 3.62. The van der Waals surface area contributed by atoms with Gasteiger partial charge < -0.3 is 19.9 Å². The highest BCUT2D eigenvalue weighted by atomic mass is 32.2. The predicted molar refractivity (Wildman–Crippen MR) is 107 cm³/mol. The number of β-amino-alcohol motifs (C(OH)–C–C–N with tert-alkyl or cyclic N) is 1. The van der Waals surface area contributed by atoms with Crippen LogP contribution in [0.2, 0.25) is 0 Å². The summed E-state index contributed by atoms with van der Waals surface area (Å²) in [7, 11) is 0. The normalized spacial score (nSPS) is 26.3. The molecule has 2 amide bonds. The van der Waals surface area contributed by atoms with Crippen LogP contribution in [-0.2, 0) is 20.7 Å². The van der Waals surface area contributed by atoms with E-state index in [1.165, 1.54) is 4.90 Å². The van der Waals surface area contributed by atoms with Crippen LogP contribution < -0.4 is 5.32 Å². The van der Waals surface area contributed by atoms with Crippen LogP contribution in [-0.4, -0.2) is 54.8 Å². The largest absolute Gasteiger partial charge is 0.391 e. The molecular weight excluding hydrogens is 394 g/mol. The second-order valence-electron chi connectivity index (χ2n) is 8.17. The van der Waals surface area contributed by atoms with Gasteiger partial charge in [-0.25, -0.2) is 4.21 Å². The van der Waals surface area contributed by atoms with E-state index < -0.39 is 28.8 Å². The summed E-state index contributed by atoms with van der Waals surface area (Å²) in [4.78, 5) is 26.7. The minimum absolute atomic E-state index is 0. The Morgan fingerprint density at radius 2 is 1.90 bits per heavy atom. The fraction of sp³-hybridized carbons (Fsp3) is 0.550. The first-order chi connectivity index (χ1) is 13.7. The van der Waals surface area contributed by atoms with E-state index in [2.05, 4.69) is 11.4 Å². The molecule has 3 atom stereocenters. The number of benzene rings is 1. The van der Waals surface area contributed by atoms with Gasteiger partial charge in [0.05, 0.1) is 17.1 Å². The van der Waals surface area contributed by atoms with Crippen LogP contribution >= 0.6 is 0 Å². The maximum atomic E-state index is 12.4. The molecule has 0 radical (unpaired) electrons. The Balaban J connectivity index is 0.000000272. The number of likely N-dealkylation sites (tertiary alicyclic amines) is 1. The van der Waals surface area contributed by atoms with Crippen molar-refractivity contribution in [2.75, 3.05) is 6.54 Å². The van der Waals surface area contributed by atoms with E-state index in [1.807, 2.05) is 6.92 Å². The number of nitrogens with zero attached hydrogens (tertiary/aromatic N) is 2. The first kappa shape index (κ1) is 21.4. The van der Waals surface area contributed by atoms with Crippen LogP contribution in [0.4, 0.5) is 0 Å². The fourth-order valence-electron chi connectivity index (χ4n) is 3.28. The summed E-state index contributed by atoms with van der Waals surface area (Å²) in [5, 5.41) is 21.5. The molecule has 8 nitrogen and oxygen atoms in total. The van der Waals surface area contributed by atoms with Gasteiger partial charge in [0, 0.05) is 19.8 Å². The Hall–Kier alpha value is -2.28. The van der Waals surface area contributed by atoms with Crippen molar-refractivity contribution < 1.29 is 24.9 Å². The summed E-state index contributed by atoms with van der Waals surface area (Å²) in [6.07, 6.45) is 2.61. The van der Waals surface area contributed by atoms with E-state index in [0.29, 0.717) is 17.7 Å². The SMILES string of the molecule is CC1(C(=O)N2C[C@@H](O)C[C@H]2C(=O)NC2(C#N)CC2)CC1.O=S(O)c1ccccc1.[HH]. The van der Waals surface area contributed by atoms with Crippen LogP contribution in [0, 0.1) is 16.7 Å². The van der Waals surface area contributed by atoms with Crippen LogP contribution in [0.25, 0.3) is 0 Å². The molecule has 1 aromatic rings. The highest BCUT2D eigenvalue weighted by Crippen LogP contribution is 2.47. The Kier molecular flexibility index (Phi) is 6.08. The Bertz CT molecular complexity index is 852. The van der Waals surface area contributed by atoms with Gasteiger partial charge in [0.1, 0.15) is 11.6 Å². The van der Waals surface area contributed by atoms with Gasteiger partial charge >= 0.3 is 0 Å². The number of hydrogen-bond acceptors (Lipinski definition) is 5. The molecule has 29 heavy (non-hydrogen) atoms. The van der Waals surface area contributed by atoms with Gasteiger partial charge in [-0.15, -0.1) is 0 Å². The van der Waals surface area contributed by atoms with E-state index in [0.717, 1.165) is 12.8 Å². The minimum Gasteiger partial charge on any atom is -0.391 e. The molecule has 0 aromatic heterocycles. The lowest BCUT2D eigenvalue weighted by Crippen LogP contribution is -2.50. The van der Waals surface area contributed by atoms with Crippen LogP contribution in [0.5, 0.6) is 0 Å². The summed E-state index contributed by atoms with van der Waals surface area (Å²) < 4.78 is 18.8. The lowest BCUT2D eigenvalue weighted by molar-refractivity contribution is -0.142. The lowest BCUT2D eigenvalue weighted by Gasteiger charge is -2.27. The van der Waals surface area contributed by atoms with Crippen molar-refractivity contribution in [3.63, 3.8) is 0 Å². The summed E-state index contributed by atoms with van der Waals surface area (Å²) >= 11 is -1.83. The number of nitrogens with one attached hydrogen (secondary N) is 1. The van der Waals surface area contributed by atoms with E-state index in [4.69, 9.17) is 9.81 Å². The number of carbonyl (C=O) groups is 2. The standard InChI is InChI=1S/C14H19N3O3.C6H6O2S.H2/c1-13(2-3-13)12(20)17-7-9(18)6-10(17)11(19)16-14(8-15)4-5-14;7-9(8)6-4-2-1-3-5-6;/h9-10,18H,2-7H2,1H3,(H,16,19);1-5H,(H,7,8);1H/t9-,10-;;/m0../s1. The third-order valence-electron chi connectivity index (χ3n) is 5.63. The molecule has 1 aliphatic heterocycles. The van der Waals surface area contributed by atoms with Gasteiger partial charge in [-0.05, 0) is 37.8 Å². The predicted octanol–water partition coefficient (Wildman–Crippen LogP) is 1.43. The van der Waals surface area contributed by atoms with Gasteiger partial charge in [0.25, 0.3) is 0 Å². The van der Waals surface area contributed by atoms with Gasteiger partial charge in [-0.2, -0.15) is 5.26 Å². The van der Waals surface area contributed by atoms with Crippen LogP contribution in [0.1, 0.15) is 40.5 Å². The highest BCUT2D eigenvalue weighted by molar-refractivity contribution is 7.79. The van der Waals surface area contributed by atoms with Crippen molar-refractivity contribution >= 4 is 22.9 Å². The molecule has 9 heteroatoms. The van der Waals surface area contributed by atoms with Crippen molar-refractivity contribution in [2.24, 2.45) is 5.41 Å². The molecule has 0 spiro atoms. The molecule has 3 N–H and O–H groups in total. The minimum atomic E-state index is -1.83. The maximum absolute atomic E-state index is 12.4. The molecule has 2 aliphatic carbocycles. The van der Waals surface area contributed by atoms with Crippen molar-refractivity contribution in [2.45, 2.75) is 61.6 Å². The molecule has 1 heterocycles. The van der Waals surface area contributed by atoms with E-state index in [9.17, 15) is 18.9 Å². The van der Waals surface area contributed by atoms with Gasteiger partial charge in [0.2, 0.25) is 11.8 Å². The van der Waals surface area contributed by atoms with E-state index in [1.54, 1.807) is 30.3 Å². The number of rotatable bonds is 4. The number of carbonyl (C=O) groups excluding carboxylic acids is 2. The second-order valence-corrected chi connectivity index (χ2v) is 9.14. The summed E-state index contributed by atoms with van der Waals surface area (Å²) in [5.74, 6) is -0.353. The first-order valence-corrected chi connectivity index (χ1v) is 10.7. The van der Waals surface area contributed by atoms with Gasteiger partial charge in [-0.1, -0.05) is 25.1 Å². The van der Waals surface area contributed by atoms with Gasteiger partial charge in [-0.3, -0.25) is 9.59 Å². The number of hydrogen-bond donors (Lipinski definition) is 3. The van der Waals surface area contributed by atoms with Crippen molar-refractivity contribution in [3.8, 4) is 6.07 Å². The molecule has 158 valence electrons. The molecule has 1 aromatic carbocycles. The Morgan fingerprint density at radius 1 is 1.28 bits per heavy atom.